The van der Waals surface area contributed by atoms with E-state index in [2.05, 4.69) is 36.3 Å². The van der Waals surface area contributed by atoms with E-state index < -0.39 is 0 Å². The summed E-state index contributed by atoms with van der Waals surface area (Å²) in [5.74, 6) is 2.58. The van der Waals surface area contributed by atoms with Crippen LogP contribution in [-0.4, -0.2) is 48.8 Å². The number of esters is 1. The first kappa shape index (κ1) is 17.0. The molecule has 1 N–H and O–H groups in total. The lowest BCUT2D eigenvalue weighted by atomic mass is 9.84. The number of nitrogens with one attached hydrogen (secondary N) is 1. The third-order valence-corrected chi connectivity index (χ3v) is 5.35. The van der Waals surface area contributed by atoms with E-state index in [9.17, 15) is 4.79 Å². The first-order chi connectivity index (χ1) is 11.5. The third-order valence-electron chi connectivity index (χ3n) is 5.35. The highest BCUT2D eigenvalue weighted by atomic mass is 16.5. The van der Waals surface area contributed by atoms with Gasteiger partial charge in [0.1, 0.15) is 11.6 Å². The Kier molecular flexibility index (Phi) is 4.67. The molecule has 4 atom stereocenters. The van der Waals surface area contributed by atoms with E-state index in [1.165, 1.54) is 7.11 Å². The molecule has 0 radical (unpaired) electrons. The van der Waals surface area contributed by atoms with Gasteiger partial charge in [-0.05, 0) is 31.8 Å². The van der Waals surface area contributed by atoms with Gasteiger partial charge in [-0.1, -0.05) is 13.3 Å². The van der Waals surface area contributed by atoms with Crippen LogP contribution >= 0.6 is 0 Å². The van der Waals surface area contributed by atoms with Crippen LogP contribution in [0.5, 0.6) is 0 Å². The van der Waals surface area contributed by atoms with Gasteiger partial charge in [-0.2, -0.15) is 0 Å². The topological polar surface area (TPSA) is 57.2 Å². The lowest BCUT2D eigenvalue weighted by molar-refractivity contribution is -0.146. The minimum absolute atomic E-state index is 0.00320. The maximum absolute atomic E-state index is 12.1. The zero-order valence-corrected chi connectivity index (χ0v) is 15.2. The molecule has 132 valence electrons. The Morgan fingerprint density at radius 3 is 2.83 bits per heavy atom. The van der Waals surface area contributed by atoms with E-state index in [-0.39, 0.29) is 17.9 Å². The van der Waals surface area contributed by atoms with Crippen LogP contribution in [0.15, 0.2) is 28.8 Å². The summed E-state index contributed by atoms with van der Waals surface area (Å²) in [6.45, 7) is 4.27. The Morgan fingerprint density at radius 2 is 2.21 bits per heavy atom. The van der Waals surface area contributed by atoms with Gasteiger partial charge in [-0.15, -0.1) is 0 Å². The number of aliphatic imine (C=N–C) groups is 1. The molecule has 2 aliphatic heterocycles. The molecule has 0 amide bonds. The fraction of sp³-hybridized carbons (Fsp3) is 0.667. The second-order valence-corrected chi connectivity index (χ2v) is 7.10. The number of carbonyl (C=O) groups is 1. The number of hydrogen-bond acceptors (Lipinski definition) is 6. The highest BCUT2D eigenvalue weighted by Crippen LogP contribution is 2.42. The predicted octanol–water partition coefficient (Wildman–Crippen LogP) is 2.12. The summed E-state index contributed by atoms with van der Waals surface area (Å²) in [7, 11) is 5.57. The van der Waals surface area contributed by atoms with Crippen molar-refractivity contribution in [2.75, 3.05) is 21.2 Å². The minimum atomic E-state index is -0.0745. The van der Waals surface area contributed by atoms with Crippen molar-refractivity contribution < 1.29 is 9.53 Å². The molecule has 0 aromatic carbocycles. The normalized spacial score (nSPS) is 32.0. The Labute approximate surface area is 144 Å². The second-order valence-electron chi connectivity index (χ2n) is 7.10. The van der Waals surface area contributed by atoms with Gasteiger partial charge in [0, 0.05) is 37.8 Å². The molecule has 4 unspecified atom stereocenters. The Balaban J connectivity index is 1.92. The Morgan fingerprint density at radius 1 is 1.46 bits per heavy atom. The highest BCUT2D eigenvalue weighted by molar-refractivity contribution is 5.99. The van der Waals surface area contributed by atoms with E-state index in [4.69, 9.17) is 9.73 Å². The number of methoxy groups -OCH3 is 1. The van der Waals surface area contributed by atoms with Crippen LogP contribution in [0, 0.1) is 17.8 Å². The fourth-order valence-corrected chi connectivity index (χ4v) is 4.20. The molecule has 2 heterocycles. The molecule has 24 heavy (non-hydrogen) atoms. The van der Waals surface area contributed by atoms with Crippen LogP contribution in [0.25, 0.3) is 0 Å². The van der Waals surface area contributed by atoms with Crippen molar-refractivity contribution in [2.24, 2.45) is 22.7 Å². The predicted molar refractivity (Wildman–Crippen MR) is 93.7 cm³/mol. The van der Waals surface area contributed by atoms with Crippen molar-refractivity contribution in [3.63, 3.8) is 0 Å². The smallest absolute Gasteiger partial charge is 0.308 e. The minimum Gasteiger partial charge on any atom is -0.469 e. The number of carbonyl (C=O) groups excluding carboxylic acids is 1. The lowest BCUT2D eigenvalue weighted by Gasteiger charge is -2.33. The Bertz CT molecular complexity index is 608. The summed E-state index contributed by atoms with van der Waals surface area (Å²) in [4.78, 5) is 19.1. The first-order valence-electron chi connectivity index (χ1n) is 8.79. The molecule has 1 aliphatic carbocycles. The second kappa shape index (κ2) is 6.59. The van der Waals surface area contributed by atoms with Crippen molar-refractivity contribution in [1.82, 2.24) is 15.3 Å². The zero-order chi connectivity index (χ0) is 17.4. The summed E-state index contributed by atoms with van der Waals surface area (Å²) in [6.07, 6.45) is 7.15. The molecule has 0 aromatic rings. The first-order valence-corrected chi connectivity index (χ1v) is 8.79. The molecule has 3 aliphatic rings. The molecule has 1 saturated carbocycles. The molecule has 0 spiro atoms. The van der Waals surface area contributed by atoms with Crippen LogP contribution in [0.4, 0.5) is 0 Å². The van der Waals surface area contributed by atoms with Gasteiger partial charge in [0.2, 0.25) is 0 Å². The highest BCUT2D eigenvalue weighted by Gasteiger charge is 2.43. The van der Waals surface area contributed by atoms with E-state index >= 15 is 0 Å². The quantitative estimate of drug-likeness (QED) is 0.799. The van der Waals surface area contributed by atoms with Crippen molar-refractivity contribution in [3.8, 4) is 0 Å². The summed E-state index contributed by atoms with van der Waals surface area (Å²) < 4.78 is 5.01. The molecule has 0 bridgehead atoms. The van der Waals surface area contributed by atoms with Crippen molar-refractivity contribution in [1.29, 1.82) is 0 Å². The van der Waals surface area contributed by atoms with Gasteiger partial charge in [0.05, 0.1) is 13.0 Å². The number of ether oxygens (including phenoxy) is 1. The average molecular weight is 332 g/mol. The summed E-state index contributed by atoms with van der Waals surface area (Å²) in [6, 6.07) is 0.264. The molecular formula is C18H28N4O2. The van der Waals surface area contributed by atoms with Crippen molar-refractivity contribution >= 4 is 11.7 Å². The number of rotatable bonds is 4. The van der Waals surface area contributed by atoms with E-state index in [0.29, 0.717) is 11.8 Å². The van der Waals surface area contributed by atoms with E-state index in [1.54, 1.807) is 0 Å². The van der Waals surface area contributed by atoms with E-state index in [0.717, 1.165) is 36.6 Å². The molecule has 6 nitrogen and oxygen atoms in total. The standard InChI is InChI=1S/C18H28N4O2/c1-6-12-13(7-8-14(12)18(23)24-5)15-10-17(21(3)4)22-16(19-15)9-11(2)20-22/h9-14,20H,6-8H2,1-5H3. The number of hydrazine groups is 1. The van der Waals surface area contributed by atoms with E-state index in [1.807, 2.05) is 19.1 Å². The largest absolute Gasteiger partial charge is 0.469 e. The van der Waals surface area contributed by atoms with Gasteiger partial charge in [-0.3, -0.25) is 4.79 Å². The summed E-state index contributed by atoms with van der Waals surface area (Å²) in [5, 5.41) is 2.04. The number of fused-ring (bicyclic) bond motifs is 1. The number of allylic oxidation sites excluding steroid dienone is 1. The van der Waals surface area contributed by atoms with Gasteiger partial charge in [-0.25, -0.2) is 15.4 Å². The van der Waals surface area contributed by atoms with Crippen molar-refractivity contribution in [2.45, 2.75) is 39.2 Å². The van der Waals surface area contributed by atoms with Crippen LogP contribution in [0.1, 0.15) is 33.1 Å². The van der Waals surface area contributed by atoms with Crippen LogP contribution in [0.3, 0.4) is 0 Å². The third kappa shape index (κ3) is 2.83. The molecule has 0 aromatic heterocycles. The summed E-state index contributed by atoms with van der Waals surface area (Å²) >= 11 is 0. The molecule has 3 rings (SSSR count). The van der Waals surface area contributed by atoms with Crippen molar-refractivity contribution in [3.05, 3.63) is 23.8 Å². The zero-order valence-electron chi connectivity index (χ0n) is 15.2. The summed E-state index contributed by atoms with van der Waals surface area (Å²) in [5.41, 5.74) is 4.50. The van der Waals surface area contributed by atoms with Gasteiger partial charge in [0.25, 0.3) is 0 Å². The van der Waals surface area contributed by atoms with Crippen LogP contribution < -0.4 is 5.43 Å². The van der Waals surface area contributed by atoms with Gasteiger partial charge in [0.15, 0.2) is 0 Å². The Hall–Kier alpha value is -1.82. The molecule has 1 fully saturated rings. The number of nitrogens with zero attached hydrogens (tertiary/aromatic N) is 3. The molecule has 6 heteroatoms. The monoisotopic (exact) mass is 332 g/mol. The maximum Gasteiger partial charge on any atom is 0.308 e. The van der Waals surface area contributed by atoms with Gasteiger partial charge >= 0.3 is 5.97 Å². The SMILES string of the molecule is CCC1C(C(=O)OC)CCC1C1=NC2=CC(C)NN2C(N(C)C)=C1. The maximum atomic E-state index is 12.1. The molecule has 0 saturated heterocycles. The van der Waals surface area contributed by atoms with Crippen LogP contribution in [-0.2, 0) is 9.53 Å². The number of hydrogen-bond donors (Lipinski definition) is 1. The fourth-order valence-electron chi connectivity index (χ4n) is 4.20. The molecular weight excluding hydrogens is 304 g/mol. The van der Waals surface area contributed by atoms with Gasteiger partial charge < -0.3 is 9.64 Å². The van der Waals surface area contributed by atoms with Crippen LogP contribution in [0.2, 0.25) is 0 Å². The average Bonchev–Trinajstić information content (AvgIpc) is 3.14. The lowest BCUT2D eigenvalue weighted by Crippen LogP contribution is -2.42.